The maximum absolute atomic E-state index is 12.0. The Morgan fingerprint density at radius 3 is 2.33 bits per heavy atom. The third-order valence-electron chi connectivity index (χ3n) is 3.06. The average molecular weight is 317 g/mol. The lowest BCUT2D eigenvalue weighted by Gasteiger charge is -2.03. The summed E-state index contributed by atoms with van der Waals surface area (Å²) < 4.78 is 23.8. The molecule has 0 radical (unpaired) electrons. The van der Waals surface area contributed by atoms with E-state index < -0.39 is 9.84 Å². The Hall–Kier alpha value is -2.05. The molecular formula is C15H11NO3S2. The van der Waals surface area contributed by atoms with Crippen LogP contribution in [0.5, 0.6) is 0 Å². The van der Waals surface area contributed by atoms with Crippen LogP contribution in [0.15, 0.2) is 58.2 Å². The van der Waals surface area contributed by atoms with Crippen molar-refractivity contribution in [2.24, 2.45) is 0 Å². The van der Waals surface area contributed by atoms with E-state index in [-0.39, 0.29) is 10.5 Å². The Balaban J connectivity index is 2.15. The third-order valence-corrected chi connectivity index (χ3v) is 5.28. The van der Waals surface area contributed by atoms with Crippen molar-refractivity contribution in [1.82, 2.24) is 4.98 Å². The first-order valence-electron chi connectivity index (χ1n) is 6.15. The largest absolute Gasteiger partial charge is 0.279 e. The van der Waals surface area contributed by atoms with Gasteiger partial charge in [-0.15, -0.1) is 11.3 Å². The molecule has 6 heteroatoms. The number of aromatic nitrogens is 1. The van der Waals surface area contributed by atoms with Gasteiger partial charge in [0, 0.05) is 16.5 Å². The first kappa shape index (κ1) is 13.9. The number of benzene rings is 2. The monoisotopic (exact) mass is 317 g/mol. The second-order valence-corrected chi connectivity index (χ2v) is 7.66. The number of nitrogens with zero attached hydrogens (tertiary/aromatic N) is 1. The van der Waals surface area contributed by atoms with Crippen LogP contribution in [0, 0.1) is 0 Å². The second-order valence-electron chi connectivity index (χ2n) is 4.62. The molecule has 1 heterocycles. The fourth-order valence-electron chi connectivity index (χ4n) is 1.98. The van der Waals surface area contributed by atoms with Crippen LogP contribution < -0.4 is 5.56 Å². The van der Waals surface area contributed by atoms with Gasteiger partial charge in [-0.25, -0.2) is 8.42 Å². The van der Waals surface area contributed by atoms with Crippen molar-refractivity contribution in [1.29, 1.82) is 0 Å². The van der Waals surface area contributed by atoms with Gasteiger partial charge in [0.1, 0.15) is 5.01 Å². The molecule has 0 atom stereocenters. The fourth-order valence-corrected chi connectivity index (χ4v) is 3.61. The van der Waals surface area contributed by atoms with E-state index in [1.54, 1.807) is 24.3 Å². The van der Waals surface area contributed by atoms with E-state index in [0.29, 0.717) is 10.4 Å². The van der Waals surface area contributed by atoms with E-state index >= 15 is 0 Å². The summed E-state index contributed by atoms with van der Waals surface area (Å²) in [6.07, 6.45) is 1.16. The van der Waals surface area contributed by atoms with E-state index in [0.717, 1.165) is 16.5 Å². The summed E-state index contributed by atoms with van der Waals surface area (Å²) in [4.78, 5) is 16.3. The van der Waals surface area contributed by atoms with E-state index in [2.05, 4.69) is 4.98 Å². The normalized spacial score (nSPS) is 11.7. The van der Waals surface area contributed by atoms with Gasteiger partial charge in [-0.3, -0.25) is 4.79 Å². The van der Waals surface area contributed by atoms with Gasteiger partial charge in [-0.1, -0.05) is 24.3 Å². The molecule has 4 nitrogen and oxygen atoms in total. The molecule has 0 spiro atoms. The quantitative estimate of drug-likeness (QED) is 0.729. The molecule has 0 fully saturated rings. The van der Waals surface area contributed by atoms with Crippen LogP contribution in [-0.4, -0.2) is 19.7 Å². The van der Waals surface area contributed by atoms with Gasteiger partial charge in [0.25, 0.3) is 5.56 Å². The SMILES string of the molecule is CS(=O)(=O)c1ccc(-c2nc(=O)c3ccccc3s2)cc1. The van der Waals surface area contributed by atoms with Crippen molar-refractivity contribution >= 4 is 31.3 Å². The average Bonchev–Trinajstić information content (AvgIpc) is 2.46. The molecular weight excluding hydrogens is 306 g/mol. The number of hydrogen-bond acceptors (Lipinski definition) is 5. The number of fused-ring (bicyclic) bond motifs is 1. The molecule has 0 saturated heterocycles. The van der Waals surface area contributed by atoms with Gasteiger partial charge in [0.15, 0.2) is 9.84 Å². The molecule has 0 saturated carbocycles. The number of sulfone groups is 1. The number of hydrogen-bond donors (Lipinski definition) is 0. The molecule has 106 valence electrons. The Labute approximate surface area is 125 Å². The summed E-state index contributed by atoms with van der Waals surface area (Å²) in [5, 5.41) is 1.18. The first-order chi connectivity index (χ1) is 9.95. The smallest absolute Gasteiger partial charge is 0.267 e. The first-order valence-corrected chi connectivity index (χ1v) is 8.86. The Morgan fingerprint density at radius 2 is 1.67 bits per heavy atom. The molecule has 3 rings (SSSR count). The molecule has 0 N–H and O–H groups in total. The zero-order valence-electron chi connectivity index (χ0n) is 11.1. The predicted octanol–water partition coefficient (Wildman–Crippen LogP) is 2.73. The van der Waals surface area contributed by atoms with Crippen molar-refractivity contribution in [3.63, 3.8) is 0 Å². The molecule has 2 aromatic carbocycles. The second kappa shape index (κ2) is 5.05. The third kappa shape index (κ3) is 2.72. The molecule has 3 aromatic rings. The molecule has 21 heavy (non-hydrogen) atoms. The van der Waals surface area contributed by atoms with Gasteiger partial charge in [-0.05, 0) is 24.3 Å². The van der Waals surface area contributed by atoms with Gasteiger partial charge in [0.05, 0.1) is 10.3 Å². The Morgan fingerprint density at radius 1 is 1.00 bits per heavy atom. The van der Waals surface area contributed by atoms with E-state index in [9.17, 15) is 13.2 Å². The van der Waals surface area contributed by atoms with Crippen LogP contribution >= 0.6 is 11.3 Å². The van der Waals surface area contributed by atoms with Crippen LogP contribution in [0.4, 0.5) is 0 Å². The lowest BCUT2D eigenvalue weighted by atomic mass is 10.2. The zero-order chi connectivity index (χ0) is 15.0. The molecule has 0 aliphatic rings. The number of rotatable bonds is 2. The maximum atomic E-state index is 12.0. The van der Waals surface area contributed by atoms with Crippen molar-refractivity contribution < 1.29 is 8.42 Å². The van der Waals surface area contributed by atoms with Crippen molar-refractivity contribution in [2.75, 3.05) is 6.26 Å². The van der Waals surface area contributed by atoms with Crippen LogP contribution in [0.25, 0.3) is 20.7 Å². The molecule has 1 aromatic heterocycles. The van der Waals surface area contributed by atoms with Crippen molar-refractivity contribution in [2.45, 2.75) is 4.90 Å². The van der Waals surface area contributed by atoms with E-state index in [4.69, 9.17) is 0 Å². The van der Waals surface area contributed by atoms with Gasteiger partial charge in [0.2, 0.25) is 0 Å². The highest BCUT2D eigenvalue weighted by atomic mass is 32.2. The lowest BCUT2D eigenvalue weighted by molar-refractivity contribution is 0.602. The van der Waals surface area contributed by atoms with Gasteiger partial charge >= 0.3 is 0 Å². The minimum atomic E-state index is -3.22. The summed E-state index contributed by atoms with van der Waals surface area (Å²) in [5.41, 5.74) is 0.460. The predicted molar refractivity (Wildman–Crippen MR) is 84.4 cm³/mol. The minimum Gasteiger partial charge on any atom is -0.267 e. The highest BCUT2D eigenvalue weighted by Crippen LogP contribution is 2.26. The molecule has 0 aliphatic carbocycles. The van der Waals surface area contributed by atoms with Crippen LogP contribution in [-0.2, 0) is 9.84 Å². The van der Waals surface area contributed by atoms with Crippen molar-refractivity contribution in [3.05, 3.63) is 58.9 Å². The lowest BCUT2D eigenvalue weighted by Crippen LogP contribution is -2.05. The molecule has 0 bridgehead atoms. The Kier molecular flexibility index (Phi) is 3.35. The highest BCUT2D eigenvalue weighted by Gasteiger charge is 2.09. The van der Waals surface area contributed by atoms with Crippen LogP contribution in [0.2, 0.25) is 0 Å². The summed E-state index contributed by atoms with van der Waals surface area (Å²) in [7, 11) is -3.22. The summed E-state index contributed by atoms with van der Waals surface area (Å²) in [5.74, 6) is 0. The van der Waals surface area contributed by atoms with Gasteiger partial charge < -0.3 is 0 Å². The highest BCUT2D eigenvalue weighted by molar-refractivity contribution is 7.90. The zero-order valence-corrected chi connectivity index (χ0v) is 12.7. The van der Waals surface area contributed by atoms with E-state index in [1.165, 1.54) is 23.5 Å². The summed E-state index contributed by atoms with van der Waals surface area (Å²) >= 11 is 1.41. The van der Waals surface area contributed by atoms with E-state index in [1.807, 2.05) is 12.1 Å². The molecule has 0 aliphatic heterocycles. The summed E-state index contributed by atoms with van der Waals surface area (Å²) in [6, 6.07) is 13.7. The topological polar surface area (TPSA) is 64.1 Å². The summed E-state index contributed by atoms with van der Waals surface area (Å²) in [6.45, 7) is 0. The van der Waals surface area contributed by atoms with Crippen LogP contribution in [0.3, 0.4) is 0 Å². The maximum Gasteiger partial charge on any atom is 0.279 e. The standard InChI is InChI=1S/C15H11NO3S2/c1-21(18,19)11-8-6-10(7-9-11)15-16-14(17)12-4-2-3-5-13(12)20-15/h2-9H,1H3. The van der Waals surface area contributed by atoms with Crippen LogP contribution in [0.1, 0.15) is 0 Å². The van der Waals surface area contributed by atoms with Gasteiger partial charge in [-0.2, -0.15) is 4.98 Å². The van der Waals surface area contributed by atoms with Crippen molar-refractivity contribution in [3.8, 4) is 10.6 Å². The fraction of sp³-hybridized carbons (Fsp3) is 0.0667. The minimum absolute atomic E-state index is 0.249. The Bertz CT molecular complexity index is 974. The molecule has 0 amide bonds. The molecule has 0 unspecified atom stereocenters.